The van der Waals surface area contributed by atoms with E-state index in [2.05, 4.69) is 15.9 Å². The number of hydrogen-bond donors (Lipinski definition) is 1. The van der Waals surface area contributed by atoms with Gasteiger partial charge in [-0.2, -0.15) is 0 Å². The van der Waals surface area contributed by atoms with Crippen LogP contribution >= 0.6 is 15.9 Å². The first-order chi connectivity index (χ1) is 8.18. The number of rotatable bonds is 2. The second-order valence-corrected chi connectivity index (χ2v) is 6.09. The number of carbonyl (C=O) groups excluding carboxylic acids is 1. The Morgan fingerprint density at radius 1 is 1.24 bits per heavy atom. The molecule has 2 atom stereocenters. The fourth-order valence-corrected chi connectivity index (χ4v) is 3.63. The average Bonchev–Trinajstić information content (AvgIpc) is 3.06. The number of halogens is 1. The number of hydrogen-bond acceptors (Lipinski definition) is 2. The average molecular weight is 294 g/mol. The van der Waals surface area contributed by atoms with Gasteiger partial charge in [-0.15, -0.1) is 0 Å². The van der Waals surface area contributed by atoms with Gasteiger partial charge < -0.3 is 5.73 Å². The molecule has 2 aliphatic rings. The van der Waals surface area contributed by atoms with Crippen molar-refractivity contribution in [2.45, 2.75) is 25.7 Å². The molecule has 2 N–H and O–H groups in total. The lowest BCUT2D eigenvalue weighted by molar-refractivity contribution is 0.0956. The molecule has 3 rings (SSSR count). The molecule has 0 heterocycles. The Morgan fingerprint density at radius 2 is 1.88 bits per heavy atom. The van der Waals surface area contributed by atoms with Crippen LogP contribution in [0.5, 0.6) is 0 Å². The fourth-order valence-electron chi connectivity index (χ4n) is 3.25. The summed E-state index contributed by atoms with van der Waals surface area (Å²) in [6.45, 7) is 0. The highest BCUT2D eigenvalue weighted by Crippen LogP contribution is 2.56. The molecule has 0 bridgehead atoms. The van der Waals surface area contributed by atoms with Gasteiger partial charge in [-0.1, -0.05) is 12.8 Å². The highest BCUT2D eigenvalue weighted by Gasteiger charge is 2.54. The van der Waals surface area contributed by atoms with Gasteiger partial charge in [0.15, 0.2) is 5.78 Å². The summed E-state index contributed by atoms with van der Waals surface area (Å²) in [4.78, 5) is 12.4. The summed E-state index contributed by atoms with van der Waals surface area (Å²) in [5.41, 5.74) is 7.24. The van der Waals surface area contributed by atoms with Crippen LogP contribution in [0.15, 0.2) is 22.7 Å². The minimum atomic E-state index is 0.299. The summed E-state index contributed by atoms with van der Waals surface area (Å²) in [5, 5.41) is 0. The van der Waals surface area contributed by atoms with Crippen LogP contribution in [-0.4, -0.2) is 5.78 Å². The number of fused-ring (bicyclic) bond motifs is 1. The lowest BCUT2D eigenvalue weighted by Crippen LogP contribution is -2.04. The van der Waals surface area contributed by atoms with E-state index in [9.17, 15) is 4.79 Å². The molecular weight excluding hydrogens is 278 g/mol. The molecule has 0 saturated heterocycles. The molecule has 3 heteroatoms. The molecule has 2 aliphatic carbocycles. The van der Waals surface area contributed by atoms with Crippen LogP contribution in [0.3, 0.4) is 0 Å². The lowest BCUT2D eigenvalue weighted by atomic mass is 10.0. The SMILES string of the molecule is Nc1ccc(C(=O)C2C3CCCCC32)cc1Br. The summed E-state index contributed by atoms with van der Waals surface area (Å²) in [6, 6.07) is 5.53. The van der Waals surface area contributed by atoms with Crippen LogP contribution in [0.2, 0.25) is 0 Å². The fraction of sp³-hybridized carbons (Fsp3) is 0.500. The predicted molar refractivity (Wildman–Crippen MR) is 71.8 cm³/mol. The van der Waals surface area contributed by atoms with E-state index < -0.39 is 0 Å². The Balaban J connectivity index is 1.80. The van der Waals surface area contributed by atoms with E-state index in [1.807, 2.05) is 18.2 Å². The van der Waals surface area contributed by atoms with E-state index in [0.717, 1.165) is 10.0 Å². The van der Waals surface area contributed by atoms with Gasteiger partial charge in [0.05, 0.1) is 0 Å². The van der Waals surface area contributed by atoms with E-state index in [0.29, 0.717) is 29.2 Å². The highest BCUT2D eigenvalue weighted by atomic mass is 79.9. The molecule has 0 radical (unpaired) electrons. The third-order valence-corrected chi connectivity index (χ3v) is 4.93. The van der Waals surface area contributed by atoms with Crippen molar-refractivity contribution < 1.29 is 4.79 Å². The zero-order valence-corrected chi connectivity index (χ0v) is 11.2. The van der Waals surface area contributed by atoms with E-state index in [1.165, 1.54) is 25.7 Å². The van der Waals surface area contributed by atoms with E-state index in [-0.39, 0.29) is 0 Å². The molecule has 2 unspecified atom stereocenters. The van der Waals surface area contributed by atoms with E-state index >= 15 is 0 Å². The Morgan fingerprint density at radius 3 is 2.47 bits per heavy atom. The molecule has 0 aliphatic heterocycles. The largest absolute Gasteiger partial charge is 0.398 e. The summed E-state index contributed by atoms with van der Waals surface area (Å²) in [5.74, 6) is 1.97. The molecule has 17 heavy (non-hydrogen) atoms. The van der Waals surface area contributed by atoms with Crippen molar-refractivity contribution in [2.75, 3.05) is 5.73 Å². The Hall–Kier alpha value is -0.830. The number of ketones is 1. The smallest absolute Gasteiger partial charge is 0.166 e. The molecule has 0 aromatic heterocycles. The summed E-state index contributed by atoms with van der Waals surface area (Å²) in [6.07, 6.45) is 5.10. The van der Waals surface area contributed by atoms with Crippen LogP contribution in [0.1, 0.15) is 36.0 Å². The van der Waals surface area contributed by atoms with Gasteiger partial charge >= 0.3 is 0 Å². The molecule has 2 fully saturated rings. The van der Waals surface area contributed by atoms with Crippen LogP contribution in [0.4, 0.5) is 5.69 Å². The Labute approximate surface area is 110 Å². The second kappa shape index (κ2) is 4.13. The van der Waals surface area contributed by atoms with Gasteiger partial charge in [0.25, 0.3) is 0 Å². The van der Waals surface area contributed by atoms with Crippen molar-refractivity contribution in [3.8, 4) is 0 Å². The van der Waals surface area contributed by atoms with Gasteiger partial charge in [0.2, 0.25) is 0 Å². The number of Topliss-reactive ketones (excluding diaryl/α,β-unsaturated/α-hetero) is 1. The van der Waals surface area contributed by atoms with Gasteiger partial charge in [-0.25, -0.2) is 0 Å². The quantitative estimate of drug-likeness (QED) is 0.668. The zero-order valence-electron chi connectivity index (χ0n) is 9.66. The summed E-state index contributed by atoms with van der Waals surface area (Å²) < 4.78 is 0.826. The molecule has 2 saturated carbocycles. The van der Waals surface area contributed by atoms with Crippen LogP contribution in [-0.2, 0) is 0 Å². The molecular formula is C14H16BrNO. The third kappa shape index (κ3) is 1.90. The first-order valence-corrected chi connectivity index (χ1v) is 7.07. The maximum Gasteiger partial charge on any atom is 0.166 e. The topological polar surface area (TPSA) is 43.1 Å². The minimum Gasteiger partial charge on any atom is -0.398 e. The van der Waals surface area contributed by atoms with Crippen molar-refractivity contribution in [1.82, 2.24) is 0 Å². The maximum absolute atomic E-state index is 12.4. The predicted octanol–water partition coefficient (Wildman–Crippen LogP) is 3.65. The number of anilines is 1. The molecule has 1 aromatic rings. The van der Waals surface area contributed by atoms with Crippen molar-refractivity contribution >= 4 is 27.4 Å². The summed E-state index contributed by atoms with van der Waals surface area (Å²) in [7, 11) is 0. The van der Waals surface area contributed by atoms with Gasteiger partial charge in [-0.05, 0) is 58.8 Å². The third-order valence-electron chi connectivity index (χ3n) is 4.24. The molecule has 2 nitrogen and oxygen atoms in total. The van der Waals surface area contributed by atoms with Gasteiger partial charge in [-0.3, -0.25) is 4.79 Å². The van der Waals surface area contributed by atoms with Crippen molar-refractivity contribution in [3.63, 3.8) is 0 Å². The first-order valence-electron chi connectivity index (χ1n) is 6.27. The van der Waals surface area contributed by atoms with Crippen LogP contribution in [0, 0.1) is 17.8 Å². The number of carbonyl (C=O) groups is 1. The number of nitrogen functional groups attached to an aromatic ring is 1. The second-order valence-electron chi connectivity index (χ2n) is 5.24. The number of nitrogens with two attached hydrogens (primary N) is 1. The highest BCUT2D eigenvalue weighted by molar-refractivity contribution is 9.10. The van der Waals surface area contributed by atoms with Crippen molar-refractivity contribution in [3.05, 3.63) is 28.2 Å². The molecule has 0 amide bonds. The lowest BCUT2D eigenvalue weighted by Gasteiger charge is -2.04. The van der Waals surface area contributed by atoms with E-state index in [4.69, 9.17) is 5.73 Å². The first kappa shape index (κ1) is 11.3. The molecule has 90 valence electrons. The Kier molecular flexibility index (Phi) is 2.74. The Bertz CT molecular complexity index is 459. The van der Waals surface area contributed by atoms with Gasteiger partial charge in [0, 0.05) is 21.6 Å². The van der Waals surface area contributed by atoms with E-state index in [1.54, 1.807) is 0 Å². The van der Waals surface area contributed by atoms with Crippen LogP contribution < -0.4 is 5.73 Å². The molecule has 0 spiro atoms. The van der Waals surface area contributed by atoms with Crippen molar-refractivity contribution in [2.24, 2.45) is 17.8 Å². The maximum atomic E-state index is 12.4. The molecule has 1 aromatic carbocycles. The minimum absolute atomic E-state index is 0.299. The standard InChI is InChI=1S/C14H16BrNO/c15-11-7-8(5-6-12(11)16)14(17)13-9-3-1-2-4-10(9)13/h5-7,9-10,13H,1-4,16H2. The zero-order chi connectivity index (χ0) is 12.0. The van der Waals surface area contributed by atoms with Gasteiger partial charge in [0.1, 0.15) is 0 Å². The summed E-state index contributed by atoms with van der Waals surface area (Å²) >= 11 is 3.38. The normalized spacial score (nSPS) is 30.8. The van der Waals surface area contributed by atoms with Crippen molar-refractivity contribution in [1.29, 1.82) is 0 Å². The monoisotopic (exact) mass is 293 g/mol. The number of benzene rings is 1. The van der Waals surface area contributed by atoms with Crippen LogP contribution in [0.25, 0.3) is 0 Å².